The van der Waals surface area contributed by atoms with E-state index in [9.17, 15) is 0 Å². The lowest BCUT2D eigenvalue weighted by atomic mass is 9.77. The van der Waals surface area contributed by atoms with Gasteiger partial charge in [0.25, 0.3) is 0 Å². The van der Waals surface area contributed by atoms with Crippen molar-refractivity contribution >= 4 is 5.57 Å². The molecular formula is C30H48. The Morgan fingerprint density at radius 1 is 0.667 bits per heavy atom. The number of rotatable bonds is 12. The lowest BCUT2D eigenvalue weighted by Crippen LogP contribution is -2.13. The van der Waals surface area contributed by atoms with Gasteiger partial charge in [-0.1, -0.05) is 108 Å². The van der Waals surface area contributed by atoms with E-state index in [0.717, 1.165) is 17.8 Å². The van der Waals surface area contributed by atoms with Crippen LogP contribution in [-0.2, 0) is 0 Å². The quantitative estimate of drug-likeness (QED) is 0.302. The van der Waals surface area contributed by atoms with Gasteiger partial charge in [-0.15, -0.1) is 0 Å². The lowest BCUT2D eigenvalue weighted by molar-refractivity contribution is 0.308. The molecule has 1 aromatic rings. The van der Waals surface area contributed by atoms with Crippen molar-refractivity contribution in [1.82, 2.24) is 0 Å². The fourth-order valence-electron chi connectivity index (χ4n) is 5.97. The summed E-state index contributed by atoms with van der Waals surface area (Å²) in [6.07, 6.45) is 26.6. The normalized spacial score (nSPS) is 24.6. The minimum atomic E-state index is 0.818. The highest BCUT2D eigenvalue weighted by Gasteiger charge is 2.22. The Morgan fingerprint density at radius 2 is 1.37 bits per heavy atom. The van der Waals surface area contributed by atoms with Crippen LogP contribution in [0.15, 0.2) is 30.3 Å². The summed E-state index contributed by atoms with van der Waals surface area (Å²) in [5.74, 6) is 2.77. The zero-order valence-electron chi connectivity index (χ0n) is 20.1. The fraction of sp³-hybridized carbons (Fsp3) is 0.733. The molecule has 1 saturated carbocycles. The third-order valence-electron chi connectivity index (χ3n) is 8.03. The molecule has 0 aromatic heterocycles. The van der Waals surface area contributed by atoms with E-state index in [2.05, 4.69) is 44.2 Å². The highest BCUT2D eigenvalue weighted by Crippen LogP contribution is 2.38. The zero-order chi connectivity index (χ0) is 21.0. The molecule has 2 aliphatic rings. The standard InChI is InChI=1S/C30H48/c1-3-5-6-7-8-9-10-12-26-15-19-28(20-16-26)30-23-21-29(22-24-30)27-17-13-25(11-4-2)14-18-27/h19,21-27H,3-18,20H2,1-2H3. The summed E-state index contributed by atoms with van der Waals surface area (Å²) in [7, 11) is 0. The molecule has 0 radical (unpaired) electrons. The summed E-state index contributed by atoms with van der Waals surface area (Å²) in [5, 5.41) is 0. The average Bonchev–Trinajstić information content (AvgIpc) is 2.80. The van der Waals surface area contributed by atoms with E-state index < -0.39 is 0 Å². The Balaban J connectivity index is 1.38. The Kier molecular flexibility index (Phi) is 10.5. The maximum Gasteiger partial charge on any atom is -0.0162 e. The largest absolute Gasteiger partial charge is 0.0804 e. The van der Waals surface area contributed by atoms with Gasteiger partial charge in [0.15, 0.2) is 0 Å². The molecule has 1 aromatic carbocycles. The van der Waals surface area contributed by atoms with E-state index in [0.29, 0.717) is 0 Å². The van der Waals surface area contributed by atoms with E-state index in [-0.39, 0.29) is 0 Å². The van der Waals surface area contributed by atoms with Gasteiger partial charge in [0, 0.05) is 0 Å². The van der Waals surface area contributed by atoms with Gasteiger partial charge in [-0.25, -0.2) is 0 Å². The summed E-state index contributed by atoms with van der Waals surface area (Å²) >= 11 is 0. The predicted octanol–water partition coefficient (Wildman–Crippen LogP) is 10.1. The van der Waals surface area contributed by atoms with Gasteiger partial charge >= 0.3 is 0 Å². The molecule has 0 heterocycles. The van der Waals surface area contributed by atoms with Crippen LogP contribution in [-0.4, -0.2) is 0 Å². The highest BCUT2D eigenvalue weighted by molar-refractivity contribution is 5.66. The Labute approximate surface area is 187 Å². The van der Waals surface area contributed by atoms with Crippen LogP contribution in [0.2, 0.25) is 0 Å². The Hall–Kier alpha value is -1.04. The van der Waals surface area contributed by atoms with Gasteiger partial charge in [-0.2, -0.15) is 0 Å². The lowest BCUT2D eigenvalue weighted by Gasteiger charge is -2.29. The van der Waals surface area contributed by atoms with Crippen LogP contribution >= 0.6 is 0 Å². The first kappa shape index (κ1) is 23.6. The molecule has 1 unspecified atom stereocenters. The van der Waals surface area contributed by atoms with Crippen LogP contribution in [0.5, 0.6) is 0 Å². The van der Waals surface area contributed by atoms with E-state index in [1.807, 2.05) is 0 Å². The first-order chi connectivity index (χ1) is 14.8. The number of hydrogen-bond acceptors (Lipinski definition) is 0. The Morgan fingerprint density at radius 3 is 2.00 bits per heavy atom. The van der Waals surface area contributed by atoms with Gasteiger partial charge in [0.1, 0.15) is 0 Å². The molecule has 0 amide bonds. The number of hydrogen-bond donors (Lipinski definition) is 0. The second-order valence-electron chi connectivity index (χ2n) is 10.4. The first-order valence-corrected chi connectivity index (χ1v) is 13.6. The van der Waals surface area contributed by atoms with E-state index in [1.165, 1.54) is 115 Å². The SMILES string of the molecule is CCCCCCCCCC1CC=C(c2ccc(C3CCC(CCC)CC3)cc2)CC1. The highest BCUT2D eigenvalue weighted by atomic mass is 14.3. The minimum Gasteiger partial charge on any atom is -0.0804 e. The third-order valence-corrected chi connectivity index (χ3v) is 8.03. The van der Waals surface area contributed by atoms with Crippen LogP contribution in [0.4, 0.5) is 0 Å². The minimum absolute atomic E-state index is 0.818. The van der Waals surface area contributed by atoms with Crippen LogP contribution in [0.25, 0.3) is 5.57 Å². The zero-order valence-corrected chi connectivity index (χ0v) is 20.1. The van der Waals surface area contributed by atoms with E-state index >= 15 is 0 Å². The number of allylic oxidation sites excluding steroid dienone is 2. The fourth-order valence-corrected chi connectivity index (χ4v) is 5.97. The van der Waals surface area contributed by atoms with Crippen LogP contribution in [0.3, 0.4) is 0 Å². The molecule has 0 heteroatoms. The van der Waals surface area contributed by atoms with Crippen molar-refractivity contribution in [2.24, 2.45) is 11.8 Å². The van der Waals surface area contributed by atoms with E-state index in [4.69, 9.17) is 0 Å². The second-order valence-corrected chi connectivity index (χ2v) is 10.4. The third kappa shape index (κ3) is 7.58. The molecule has 0 N–H and O–H groups in total. The second kappa shape index (κ2) is 13.4. The van der Waals surface area contributed by atoms with Gasteiger partial charge in [-0.3, -0.25) is 0 Å². The summed E-state index contributed by atoms with van der Waals surface area (Å²) in [6, 6.07) is 9.75. The maximum atomic E-state index is 2.57. The number of unbranched alkanes of at least 4 members (excludes halogenated alkanes) is 6. The molecule has 0 bridgehead atoms. The van der Waals surface area contributed by atoms with Gasteiger partial charge < -0.3 is 0 Å². The molecule has 3 rings (SSSR count). The van der Waals surface area contributed by atoms with Crippen LogP contribution in [0, 0.1) is 11.8 Å². The van der Waals surface area contributed by atoms with Crippen LogP contribution in [0.1, 0.15) is 140 Å². The summed E-state index contributed by atoms with van der Waals surface area (Å²) in [5.41, 5.74) is 4.71. The van der Waals surface area contributed by atoms with Gasteiger partial charge in [0.2, 0.25) is 0 Å². The molecule has 168 valence electrons. The average molecular weight is 409 g/mol. The van der Waals surface area contributed by atoms with Crippen LogP contribution < -0.4 is 0 Å². The van der Waals surface area contributed by atoms with Crippen molar-refractivity contribution in [3.63, 3.8) is 0 Å². The smallest absolute Gasteiger partial charge is 0.0162 e. The monoisotopic (exact) mass is 408 g/mol. The van der Waals surface area contributed by atoms with Crippen molar-refractivity contribution in [2.75, 3.05) is 0 Å². The summed E-state index contributed by atoms with van der Waals surface area (Å²) < 4.78 is 0. The van der Waals surface area contributed by atoms with Crippen molar-refractivity contribution in [2.45, 2.75) is 129 Å². The van der Waals surface area contributed by atoms with Gasteiger partial charge in [0.05, 0.1) is 0 Å². The molecule has 1 atom stereocenters. The summed E-state index contributed by atoms with van der Waals surface area (Å²) in [6.45, 7) is 4.64. The molecule has 0 spiro atoms. The van der Waals surface area contributed by atoms with Crippen molar-refractivity contribution in [1.29, 1.82) is 0 Å². The molecule has 2 aliphatic carbocycles. The molecule has 0 nitrogen and oxygen atoms in total. The van der Waals surface area contributed by atoms with Crippen molar-refractivity contribution in [3.05, 3.63) is 41.5 Å². The Bertz CT molecular complexity index is 599. The molecule has 0 saturated heterocycles. The molecule has 0 aliphatic heterocycles. The predicted molar refractivity (Wildman–Crippen MR) is 134 cm³/mol. The maximum absolute atomic E-state index is 2.57. The summed E-state index contributed by atoms with van der Waals surface area (Å²) in [4.78, 5) is 0. The van der Waals surface area contributed by atoms with Gasteiger partial charge in [-0.05, 0) is 79.4 Å². The number of benzene rings is 1. The topological polar surface area (TPSA) is 0 Å². The molecule has 30 heavy (non-hydrogen) atoms. The molecule has 1 fully saturated rings. The first-order valence-electron chi connectivity index (χ1n) is 13.6. The van der Waals surface area contributed by atoms with E-state index in [1.54, 1.807) is 11.1 Å². The van der Waals surface area contributed by atoms with Crippen molar-refractivity contribution in [3.8, 4) is 0 Å². The molecular weight excluding hydrogens is 360 g/mol. The van der Waals surface area contributed by atoms with Crippen molar-refractivity contribution < 1.29 is 0 Å².